The van der Waals surface area contributed by atoms with Crippen molar-refractivity contribution in [1.82, 2.24) is 40.4 Å². The Bertz CT molecular complexity index is 2300. The molecule has 0 radical (unpaired) electrons. The van der Waals surface area contributed by atoms with Crippen LogP contribution in [0.15, 0.2) is 122 Å². The smallest absolute Gasteiger partial charge is 0.407 e. The first-order valence-electron chi connectivity index (χ1n) is 21.0. The van der Waals surface area contributed by atoms with Crippen molar-refractivity contribution in [3.63, 3.8) is 0 Å². The number of rotatable bonds is 13. The normalized spacial score (nSPS) is 17.0. The number of carbonyl (C=O) groups excluding carboxylic acids is 4. The molecule has 6 aromatic rings. The number of nitrogens with one attached hydrogen (secondary N) is 4. The monoisotopic (exact) mass is 834 g/mol. The van der Waals surface area contributed by atoms with Crippen LogP contribution >= 0.6 is 0 Å². The molecular weight excluding hydrogens is 785 g/mol. The fourth-order valence-electron chi connectivity index (χ4n) is 8.48. The molecule has 2 fully saturated rings. The van der Waals surface area contributed by atoms with Gasteiger partial charge in [0.25, 0.3) is 11.8 Å². The minimum absolute atomic E-state index is 0.205. The maximum Gasteiger partial charge on any atom is 0.407 e. The number of alkyl carbamates (subject to hydrolysis) is 2. The zero-order chi connectivity index (χ0) is 43.0. The number of amides is 4. The average Bonchev–Trinajstić information content (AvgIpc) is 4.17. The molecule has 14 heteroatoms. The highest BCUT2D eigenvalue weighted by molar-refractivity contribution is 5.88. The van der Waals surface area contributed by atoms with Crippen molar-refractivity contribution in [3.8, 4) is 22.5 Å². The Morgan fingerprint density at radius 3 is 1.35 bits per heavy atom. The summed E-state index contributed by atoms with van der Waals surface area (Å²) in [7, 11) is 2.57. The number of benzene rings is 4. The number of imidazole rings is 2. The van der Waals surface area contributed by atoms with E-state index in [0.717, 1.165) is 61.0 Å². The summed E-state index contributed by atoms with van der Waals surface area (Å²) >= 11 is 0. The Balaban J connectivity index is 0.870. The van der Waals surface area contributed by atoms with Gasteiger partial charge < -0.3 is 39.9 Å². The summed E-state index contributed by atoms with van der Waals surface area (Å²) in [6, 6.07) is 33.0. The third-order valence-electron chi connectivity index (χ3n) is 11.8. The lowest BCUT2D eigenvalue weighted by atomic mass is 10.0. The Kier molecular flexibility index (Phi) is 12.7. The zero-order valence-electron chi connectivity index (χ0n) is 34.8. The van der Waals surface area contributed by atoms with Crippen LogP contribution in [0.1, 0.15) is 83.8 Å². The van der Waals surface area contributed by atoms with Gasteiger partial charge >= 0.3 is 12.2 Å². The first-order chi connectivity index (χ1) is 30.3. The van der Waals surface area contributed by atoms with Gasteiger partial charge in [-0.1, -0.05) is 109 Å². The van der Waals surface area contributed by atoms with Crippen LogP contribution in [-0.2, 0) is 31.9 Å². The Hall–Kier alpha value is -7.22. The number of likely N-dealkylation sites (tertiary alicyclic amines) is 2. The second-order valence-electron chi connectivity index (χ2n) is 15.6. The van der Waals surface area contributed by atoms with Gasteiger partial charge in [0.1, 0.15) is 23.7 Å². The van der Waals surface area contributed by atoms with Gasteiger partial charge in [0.2, 0.25) is 0 Å². The molecule has 0 aliphatic carbocycles. The molecule has 2 aromatic heterocycles. The number of methoxy groups -OCH3 is 2. The molecule has 2 saturated heterocycles. The Morgan fingerprint density at radius 1 is 0.597 bits per heavy atom. The van der Waals surface area contributed by atoms with E-state index in [1.807, 2.05) is 73.1 Å². The standard InChI is InChI=1S/C48H50N8O6/c1-61-47(59)53-41(35-11-5-3-6-12-35)45(57)55-27-9-15-39(55)43-49-29-37(51-43)33-23-19-31(20-24-33)17-18-32-21-25-34(26-22-32)38-30-50-44(52-38)40-16-10-28-56(40)46(58)42(54-48(60)62-2)36-13-7-4-8-14-36/h3-8,11-14,19-26,29-30,39-42H,9-10,15-18,27-28H2,1-2H3,(H,49,51)(H,50,52)(H,53,59)(H,54,60). The molecule has 4 heterocycles. The molecule has 2 aliphatic heterocycles. The third-order valence-corrected chi connectivity index (χ3v) is 11.8. The molecular formula is C48H50N8O6. The van der Waals surface area contributed by atoms with E-state index in [1.165, 1.54) is 25.3 Å². The molecule has 4 unspecified atom stereocenters. The quantitative estimate of drug-likeness (QED) is 0.0913. The zero-order valence-corrected chi connectivity index (χ0v) is 34.8. The van der Waals surface area contributed by atoms with Crippen LogP contribution in [-0.4, -0.2) is 81.0 Å². The number of ether oxygens (including phenoxy) is 2. The van der Waals surface area contributed by atoms with Crippen LogP contribution in [0.4, 0.5) is 9.59 Å². The summed E-state index contributed by atoms with van der Waals surface area (Å²) in [5.41, 5.74) is 7.53. The molecule has 14 nitrogen and oxygen atoms in total. The highest BCUT2D eigenvalue weighted by Crippen LogP contribution is 2.36. The number of hydrogen-bond donors (Lipinski definition) is 4. The second kappa shape index (κ2) is 19.0. The first-order valence-corrected chi connectivity index (χ1v) is 21.0. The van der Waals surface area contributed by atoms with E-state index in [2.05, 4.69) is 69.1 Å². The van der Waals surface area contributed by atoms with Crippen molar-refractivity contribution in [1.29, 1.82) is 0 Å². The molecule has 4 N–H and O–H groups in total. The molecule has 318 valence electrons. The van der Waals surface area contributed by atoms with Gasteiger partial charge in [-0.3, -0.25) is 9.59 Å². The molecule has 8 rings (SSSR count). The van der Waals surface area contributed by atoms with Gasteiger partial charge in [-0.05, 0) is 71.9 Å². The maximum absolute atomic E-state index is 13.9. The van der Waals surface area contributed by atoms with E-state index >= 15 is 0 Å². The molecule has 0 bridgehead atoms. The van der Waals surface area contributed by atoms with E-state index in [4.69, 9.17) is 19.4 Å². The SMILES string of the molecule is COC(=O)NC(C(=O)N1CCCC1c1ncc(-c2ccc(CCc3ccc(-c4cnc(C5CCCN5C(=O)C(NC(=O)OC)c5ccccc5)[nH]4)cc3)cc2)[nH]1)c1ccccc1. The number of hydrogen-bond acceptors (Lipinski definition) is 8. The van der Waals surface area contributed by atoms with Crippen molar-refractivity contribution in [3.05, 3.63) is 155 Å². The van der Waals surface area contributed by atoms with E-state index < -0.39 is 24.3 Å². The summed E-state index contributed by atoms with van der Waals surface area (Å²) in [4.78, 5) is 72.1. The molecule has 4 atom stereocenters. The van der Waals surface area contributed by atoms with Gasteiger partial charge in [0.15, 0.2) is 0 Å². The Labute approximate surface area is 360 Å². The molecule has 0 spiro atoms. The maximum atomic E-state index is 13.9. The lowest BCUT2D eigenvalue weighted by Crippen LogP contribution is -2.42. The lowest BCUT2D eigenvalue weighted by Gasteiger charge is -2.28. The second-order valence-corrected chi connectivity index (χ2v) is 15.6. The highest BCUT2D eigenvalue weighted by atomic mass is 16.5. The van der Waals surface area contributed by atoms with Gasteiger partial charge in [0, 0.05) is 13.1 Å². The van der Waals surface area contributed by atoms with E-state index in [-0.39, 0.29) is 23.9 Å². The first kappa shape index (κ1) is 41.5. The number of nitrogens with zero attached hydrogens (tertiary/aromatic N) is 4. The van der Waals surface area contributed by atoms with Gasteiger partial charge in [-0.2, -0.15) is 0 Å². The largest absolute Gasteiger partial charge is 0.453 e. The number of aromatic nitrogens is 4. The summed E-state index contributed by atoms with van der Waals surface area (Å²) in [6.45, 7) is 1.12. The van der Waals surface area contributed by atoms with Crippen molar-refractivity contribution >= 4 is 24.0 Å². The van der Waals surface area contributed by atoms with Crippen LogP contribution < -0.4 is 10.6 Å². The van der Waals surface area contributed by atoms with Crippen molar-refractivity contribution in [2.75, 3.05) is 27.3 Å². The molecule has 0 saturated carbocycles. The topological polar surface area (TPSA) is 175 Å². The summed E-state index contributed by atoms with van der Waals surface area (Å²) in [5.74, 6) is 1.02. The van der Waals surface area contributed by atoms with Gasteiger partial charge in [-0.25, -0.2) is 19.6 Å². The third kappa shape index (κ3) is 9.24. The van der Waals surface area contributed by atoms with Crippen molar-refractivity contribution < 1.29 is 28.7 Å². The molecule has 62 heavy (non-hydrogen) atoms. The number of H-pyrrole nitrogens is 2. The number of carbonyl (C=O) groups is 4. The van der Waals surface area contributed by atoms with Gasteiger partial charge in [-0.15, -0.1) is 0 Å². The Morgan fingerprint density at radius 2 is 0.984 bits per heavy atom. The molecule has 2 aliphatic rings. The highest BCUT2D eigenvalue weighted by Gasteiger charge is 2.38. The van der Waals surface area contributed by atoms with Crippen LogP contribution in [0.2, 0.25) is 0 Å². The summed E-state index contributed by atoms with van der Waals surface area (Å²) in [5, 5.41) is 5.43. The average molecular weight is 835 g/mol. The van der Waals surface area contributed by atoms with Crippen molar-refractivity contribution in [2.45, 2.75) is 62.7 Å². The predicted octanol–water partition coefficient (Wildman–Crippen LogP) is 7.77. The summed E-state index contributed by atoms with van der Waals surface area (Å²) < 4.78 is 9.66. The van der Waals surface area contributed by atoms with Gasteiger partial charge in [0.05, 0.1) is 50.1 Å². The van der Waals surface area contributed by atoms with Crippen LogP contribution in [0, 0.1) is 0 Å². The van der Waals surface area contributed by atoms with Crippen LogP contribution in [0.5, 0.6) is 0 Å². The lowest BCUT2D eigenvalue weighted by molar-refractivity contribution is -0.135. The fourth-order valence-corrected chi connectivity index (χ4v) is 8.48. The van der Waals surface area contributed by atoms with E-state index in [1.54, 1.807) is 9.80 Å². The molecule has 4 amide bonds. The fraction of sp³-hybridized carbons (Fsp3) is 0.292. The minimum Gasteiger partial charge on any atom is -0.453 e. The number of aromatic amines is 2. The van der Waals surface area contributed by atoms with E-state index in [0.29, 0.717) is 35.9 Å². The molecule has 4 aromatic carbocycles. The minimum atomic E-state index is -0.873. The van der Waals surface area contributed by atoms with Crippen LogP contribution in [0.3, 0.4) is 0 Å². The van der Waals surface area contributed by atoms with Crippen molar-refractivity contribution in [2.24, 2.45) is 0 Å². The predicted molar refractivity (Wildman–Crippen MR) is 232 cm³/mol. The summed E-state index contributed by atoms with van der Waals surface area (Å²) in [6.07, 6.45) is 7.20. The van der Waals surface area contributed by atoms with E-state index in [9.17, 15) is 19.2 Å². The number of aryl methyl sites for hydroxylation is 2. The van der Waals surface area contributed by atoms with Crippen LogP contribution in [0.25, 0.3) is 22.5 Å².